The van der Waals surface area contributed by atoms with Crippen LogP contribution in [0.3, 0.4) is 0 Å². The van der Waals surface area contributed by atoms with Crippen LogP contribution in [0.4, 0.5) is 4.79 Å². The highest BCUT2D eigenvalue weighted by Crippen LogP contribution is 2.32. The van der Waals surface area contributed by atoms with Crippen LogP contribution in [0.25, 0.3) is 0 Å². The number of benzene rings is 1. The van der Waals surface area contributed by atoms with Gasteiger partial charge in [-0.25, -0.2) is 4.79 Å². The fourth-order valence-electron chi connectivity index (χ4n) is 6.35. The molecule has 3 amide bonds. The molecular weight excluding hydrogens is 506 g/mol. The lowest BCUT2D eigenvalue weighted by atomic mass is 9.84. The van der Waals surface area contributed by atoms with Gasteiger partial charge in [0.15, 0.2) is 0 Å². The predicted molar refractivity (Wildman–Crippen MR) is 146 cm³/mol. The minimum absolute atomic E-state index is 0.0398. The highest BCUT2D eigenvalue weighted by molar-refractivity contribution is 6.30. The summed E-state index contributed by atoms with van der Waals surface area (Å²) >= 11 is 6.15. The molecule has 1 heterocycles. The zero-order chi connectivity index (χ0) is 26.9. The lowest BCUT2D eigenvalue weighted by Gasteiger charge is -2.29. The standard InChI is InChI=1S/C29H42ClN3O5/c30-23-10-4-8-20(15-23)14-21-9-5-11-26(21)38-29(37)33-25(16-19-6-2-1-3-7-19)28(36)32-24(18-34)17-22-12-13-31-27(22)35/h4,8,10,15,19,21-22,24-26,34H,1-3,5-7,9,11-14,16-18H2,(H,31,35)(H,32,36)(H,33,37)/t21-,22-,24-,25-,26+/m0/s1. The van der Waals surface area contributed by atoms with E-state index in [-0.39, 0.29) is 36.4 Å². The molecule has 5 atom stereocenters. The van der Waals surface area contributed by atoms with Crippen molar-refractivity contribution in [2.24, 2.45) is 17.8 Å². The van der Waals surface area contributed by atoms with Crippen LogP contribution in [0.15, 0.2) is 24.3 Å². The third kappa shape index (κ3) is 8.34. The molecule has 8 nitrogen and oxygen atoms in total. The Morgan fingerprint density at radius 1 is 1.05 bits per heavy atom. The number of hydrogen-bond donors (Lipinski definition) is 4. The van der Waals surface area contributed by atoms with Crippen LogP contribution in [-0.2, 0) is 20.7 Å². The average molecular weight is 548 g/mol. The summed E-state index contributed by atoms with van der Waals surface area (Å²) in [4.78, 5) is 38.4. The van der Waals surface area contributed by atoms with Crippen molar-refractivity contribution >= 4 is 29.5 Å². The molecule has 9 heteroatoms. The monoisotopic (exact) mass is 547 g/mol. The molecule has 1 aliphatic heterocycles. The van der Waals surface area contributed by atoms with E-state index in [0.29, 0.717) is 36.7 Å². The van der Waals surface area contributed by atoms with Gasteiger partial charge in [0.2, 0.25) is 11.8 Å². The Morgan fingerprint density at radius 2 is 1.87 bits per heavy atom. The minimum Gasteiger partial charge on any atom is -0.446 e. The van der Waals surface area contributed by atoms with Crippen molar-refractivity contribution in [2.75, 3.05) is 13.2 Å². The summed E-state index contributed by atoms with van der Waals surface area (Å²) in [5.41, 5.74) is 1.12. The molecule has 1 saturated heterocycles. The van der Waals surface area contributed by atoms with Crippen LogP contribution in [0, 0.1) is 17.8 Å². The summed E-state index contributed by atoms with van der Waals surface area (Å²) in [5, 5.41) is 19.2. The molecule has 2 saturated carbocycles. The Morgan fingerprint density at radius 3 is 2.58 bits per heavy atom. The van der Waals surface area contributed by atoms with E-state index in [4.69, 9.17) is 16.3 Å². The van der Waals surface area contributed by atoms with Crippen molar-refractivity contribution in [3.8, 4) is 0 Å². The number of halogens is 1. The maximum Gasteiger partial charge on any atom is 0.408 e. The summed E-state index contributed by atoms with van der Waals surface area (Å²) in [7, 11) is 0. The molecule has 0 unspecified atom stereocenters. The van der Waals surface area contributed by atoms with E-state index in [0.717, 1.165) is 56.9 Å². The summed E-state index contributed by atoms with van der Waals surface area (Å²) in [6.07, 6.45) is 9.93. The van der Waals surface area contributed by atoms with Gasteiger partial charge in [-0.15, -0.1) is 0 Å². The Hall–Kier alpha value is -2.32. The van der Waals surface area contributed by atoms with Gasteiger partial charge in [0.1, 0.15) is 12.1 Å². The summed E-state index contributed by atoms with van der Waals surface area (Å²) in [6.45, 7) is 0.357. The van der Waals surface area contributed by atoms with Crippen LogP contribution in [0.1, 0.15) is 76.2 Å². The maximum atomic E-state index is 13.3. The van der Waals surface area contributed by atoms with Crippen molar-refractivity contribution in [3.05, 3.63) is 34.9 Å². The second-order valence-electron chi connectivity index (χ2n) is 11.3. The van der Waals surface area contributed by atoms with E-state index >= 15 is 0 Å². The highest BCUT2D eigenvalue weighted by atomic mass is 35.5. The molecule has 0 bridgehead atoms. The van der Waals surface area contributed by atoms with E-state index in [1.165, 1.54) is 6.42 Å². The van der Waals surface area contributed by atoms with Crippen molar-refractivity contribution < 1.29 is 24.2 Å². The van der Waals surface area contributed by atoms with Gasteiger partial charge >= 0.3 is 6.09 Å². The Kier molecular flexibility index (Phi) is 10.7. The third-order valence-corrected chi connectivity index (χ3v) is 8.67. The van der Waals surface area contributed by atoms with Crippen LogP contribution >= 0.6 is 11.6 Å². The lowest BCUT2D eigenvalue weighted by molar-refractivity contribution is -0.126. The molecule has 0 radical (unpaired) electrons. The number of nitrogens with one attached hydrogen (secondary N) is 3. The zero-order valence-corrected chi connectivity index (χ0v) is 22.9. The van der Waals surface area contributed by atoms with E-state index in [2.05, 4.69) is 16.0 Å². The minimum atomic E-state index is -0.746. The van der Waals surface area contributed by atoms with Crippen LogP contribution < -0.4 is 16.0 Å². The molecule has 3 fully saturated rings. The first kappa shape index (κ1) is 28.7. The first-order valence-electron chi connectivity index (χ1n) is 14.3. The molecule has 1 aromatic rings. The number of rotatable bonds is 11. The molecule has 0 aromatic heterocycles. The van der Waals surface area contributed by atoms with Crippen molar-refractivity contribution in [3.63, 3.8) is 0 Å². The Bertz CT molecular complexity index is 954. The fraction of sp³-hybridized carbons (Fsp3) is 0.690. The van der Waals surface area contributed by atoms with Crippen LogP contribution in [0.2, 0.25) is 5.02 Å². The molecule has 4 rings (SSSR count). The molecular formula is C29H42ClN3O5. The predicted octanol–water partition coefficient (Wildman–Crippen LogP) is 4.12. The summed E-state index contributed by atoms with van der Waals surface area (Å²) in [6, 6.07) is 6.49. The van der Waals surface area contributed by atoms with Gasteiger partial charge in [0, 0.05) is 23.4 Å². The second kappa shape index (κ2) is 14.2. The van der Waals surface area contributed by atoms with Crippen molar-refractivity contribution in [1.29, 1.82) is 0 Å². The van der Waals surface area contributed by atoms with Gasteiger partial charge in [0.25, 0.3) is 0 Å². The fourth-order valence-corrected chi connectivity index (χ4v) is 6.57. The first-order valence-corrected chi connectivity index (χ1v) is 14.7. The second-order valence-corrected chi connectivity index (χ2v) is 11.7. The smallest absolute Gasteiger partial charge is 0.408 e. The number of carbonyl (C=O) groups excluding carboxylic acids is 3. The van der Waals surface area contributed by atoms with Gasteiger partial charge in [0.05, 0.1) is 12.6 Å². The Balaban J connectivity index is 1.35. The van der Waals surface area contributed by atoms with E-state index in [1.54, 1.807) is 0 Å². The quantitative estimate of drug-likeness (QED) is 0.332. The first-order chi connectivity index (χ1) is 18.4. The zero-order valence-electron chi connectivity index (χ0n) is 22.1. The maximum absolute atomic E-state index is 13.3. The van der Waals surface area contributed by atoms with Gasteiger partial charge in [-0.2, -0.15) is 0 Å². The normalized spacial score (nSPS) is 25.4. The topological polar surface area (TPSA) is 117 Å². The van der Waals surface area contributed by atoms with Crippen molar-refractivity contribution in [1.82, 2.24) is 16.0 Å². The number of aliphatic hydroxyl groups excluding tert-OH is 1. The molecule has 0 spiro atoms. The largest absolute Gasteiger partial charge is 0.446 e. The lowest BCUT2D eigenvalue weighted by Crippen LogP contribution is -2.52. The summed E-state index contributed by atoms with van der Waals surface area (Å²) in [5.74, 6) is -0.0221. The van der Waals surface area contributed by atoms with E-state index in [1.807, 2.05) is 24.3 Å². The van der Waals surface area contributed by atoms with E-state index in [9.17, 15) is 19.5 Å². The number of hydrogen-bond acceptors (Lipinski definition) is 5. The highest BCUT2D eigenvalue weighted by Gasteiger charge is 2.34. The van der Waals surface area contributed by atoms with E-state index < -0.39 is 18.2 Å². The molecule has 1 aromatic carbocycles. The molecule has 4 N–H and O–H groups in total. The van der Waals surface area contributed by atoms with Gasteiger partial charge < -0.3 is 25.8 Å². The summed E-state index contributed by atoms with van der Waals surface area (Å²) < 4.78 is 5.88. The molecule has 3 aliphatic rings. The van der Waals surface area contributed by atoms with Gasteiger partial charge in [-0.3, -0.25) is 9.59 Å². The Labute approximate surface area is 230 Å². The van der Waals surface area contributed by atoms with Gasteiger partial charge in [-0.1, -0.05) is 55.8 Å². The van der Waals surface area contributed by atoms with Crippen molar-refractivity contribution in [2.45, 2.75) is 95.2 Å². The number of amides is 3. The third-order valence-electron chi connectivity index (χ3n) is 8.44. The van der Waals surface area contributed by atoms with Crippen LogP contribution in [0.5, 0.6) is 0 Å². The number of carbonyl (C=O) groups is 3. The molecule has 210 valence electrons. The van der Waals surface area contributed by atoms with Gasteiger partial charge in [-0.05, 0) is 68.6 Å². The SMILES string of the molecule is O=C(N[C@@H](CC1CCCCC1)C(=O)N[C@H](CO)C[C@@H]1CCNC1=O)O[C@@H]1CCC[C@H]1Cc1cccc(Cl)c1. The molecule has 2 aliphatic carbocycles. The average Bonchev–Trinajstić information content (AvgIpc) is 3.51. The number of alkyl carbamates (subject to hydrolysis) is 1. The number of ether oxygens (including phenoxy) is 1. The molecule has 38 heavy (non-hydrogen) atoms. The number of aliphatic hydroxyl groups is 1. The van der Waals surface area contributed by atoms with Crippen LogP contribution in [-0.4, -0.2) is 54.4 Å².